The number of hydrogen-bond donors (Lipinski definition) is 0. The zero-order valence-electron chi connectivity index (χ0n) is 12.8. The topological polar surface area (TPSA) is 35.5 Å². The van der Waals surface area contributed by atoms with Gasteiger partial charge in [0.15, 0.2) is 5.79 Å². The van der Waals surface area contributed by atoms with Crippen molar-refractivity contribution in [3.8, 4) is 0 Å². The zero-order valence-corrected chi connectivity index (χ0v) is 12.8. The van der Waals surface area contributed by atoms with Crippen LogP contribution < -0.4 is 0 Å². The van der Waals surface area contributed by atoms with E-state index in [2.05, 4.69) is 0 Å². The van der Waals surface area contributed by atoms with E-state index in [1.165, 1.54) is 64.2 Å². The summed E-state index contributed by atoms with van der Waals surface area (Å²) in [5.41, 5.74) is 0. The highest BCUT2D eigenvalue weighted by Crippen LogP contribution is 2.39. The van der Waals surface area contributed by atoms with Gasteiger partial charge in [-0.1, -0.05) is 51.4 Å². The minimum absolute atomic E-state index is 0.449. The molecule has 0 aromatic heterocycles. The van der Waals surface area contributed by atoms with Gasteiger partial charge < -0.3 is 14.3 Å². The highest BCUT2D eigenvalue weighted by atomic mass is 16.7. The first-order valence-electron chi connectivity index (χ1n) is 8.59. The smallest absolute Gasteiger partial charge is 0.171 e. The predicted molar refractivity (Wildman–Crippen MR) is 79.6 cm³/mol. The molecule has 1 aliphatic heterocycles. The van der Waals surface area contributed by atoms with Crippen LogP contribution in [0.25, 0.3) is 0 Å². The number of ether oxygens (including phenoxy) is 2. The van der Waals surface area contributed by atoms with Gasteiger partial charge in [0.25, 0.3) is 0 Å². The summed E-state index contributed by atoms with van der Waals surface area (Å²) in [6.07, 6.45) is 15.4. The third-order valence-electron chi connectivity index (χ3n) is 4.86. The number of aldehydes is 1. The number of carbonyl (C=O) groups is 1. The lowest BCUT2D eigenvalue weighted by Gasteiger charge is -2.35. The van der Waals surface area contributed by atoms with E-state index in [-0.39, 0.29) is 0 Å². The van der Waals surface area contributed by atoms with Crippen LogP contribution >= 0.6 is 0 Å². The number of carbonyl (C=O) groups excluding carboxylic acids is 1. The molecule has 0 bridgehead atoms. The SMILES string of the molecule is O=CCCC1(C2CCCCCCCCCC2)OCCO1. The molecule has 0 amide bonds. The van der Waals surface area contributed by atoms with Gasteiger partial charge in [-0.25, -0.2) is 0 Å². The standard InChI is InChI=1S/C17H30O3/c18-13-9-12-17(19-14-15-20-17)16-10-7-5-3-1-2-4-6-8-11-16/h13,16H,1-12,14-15H2. The molecular formula is C17H30O3. The number of hydrogen-bond acceptors (Lipinski definition) is 3. The van der Waals surface area contributed by atoms with Gasteiger partial charge >= 0.3 is 0 Å². The van der Waals surface area contributed by atoms with Gasteiger partial charge in [-0.15, -0.1) is 0 Å². The Kier molecular flexibility index (Phi) is 7.01. The summed E-state index contributed by atoms with van der Waals surface area (Å²) in [5, 5.41) is 0. The van der Waals surface area contributed by atoms with Crippen molar-refractivity contribution in [3.63, 3.8) is 0 Å². The summed E-state index contributed by atoms with van der Waals surface area (Å²) in [6.45, 7) is 1.38. The second-order valence-electron chi connectivity index (χ2n) is 6.32. The Hall–Kier alpha value is -0.410. The molecule has 0 atom stereocenters. The van der Waals surface area contributed by atoms with Crippen molar-refractivity contribution in [2.45, 2.75) is 82.8 Å². The van der Waals surface area contributed by atoms with Crippen LogP contribution in [0.3, 0.4) is 0 Å². The first-order valence-corrected chi connectivity index (χ1v) is 8.59. The van der Waals surface area contributed by atoms with Crippen molar-refractivity contribution < 1.29 is 14.3 Å². The molecule has 1 saturated heterocycles. The molecule has 1 saturated carbocycles. The first kappa shape index (κ1) is 16.0. The van der Waals surface area contributed by atoms with Crippen molar-refractivity contribution in [2.75, 3.05) is 13.2 Å². The minimum atomic E-state index is -0.449. The highest BCUT2D eigenvalue weighted by molar-refractivity contribution is 5.49. The molecule has 2 fully saturated rings. The van der Waals surface area contributed by atoms with Crippen molar-refractivity contribution >= 4 is 6.29 Å². The van der Waals surface area contributed by atoms with Crippen LogP contribution in [0, 0.1) is 5.92 Å². The largest absolute Gasteiger partial charge is 0.347 e. The van der Waals surface area contributed by atoms with Gasteiger partial charge in [0, 0.05) is 18.8 Å². The Morgan fingerprint density at radius 2 is 1.35 bits per heavy atom. The fourth-order valence-corrected chi connectivity index (χ4v) is 3.74. The lowest BCUT2D eigenvalue weighted by Crippen LogP contribution is -2.39. The van der Waals surface area contributed by atoms with Crippen LogP contribution in [0.1, 0.15) is 77.0 Å². The van der Waals surface area contributed by atoms with Crippen molar-refractivity contribution in [1.82, 2.24) is 0 Å². The van der Waals surface area contributed by atoms with E-state index < -0.39 is 5.79 Å². The highest BCUT2D eigenvalue weighted by Gasteiger charge is 2.42. The molecule has 20 heavy (non-hydrogen) atoms. The molecule has 0 aromatic carbocycles. The molecule has 2 aliphatic rings. The molecule has 2 rings (SSSR count). The van der Waals surface area contributed by atoms with Gasteiger partial charge in [0.2, 0.25) is 0 Å². The first-order chi connectivity index (χ1) is 9.87. The maximum Gasteiger partial charge on any atom is 0.171 e. The average molecular weight is 282 g/mol. The quantitative estimate of drug-likeness (QED) is 0.723. The van der Waals surface area contributed by atoms with Crippen LogP contribution in [0.15, 0.2) is 0 Å². The summed E-state index contributed by atoms with van der Waals surface area (Å²) in [6, 6.07) is 0. The molecule has 0 N–H and O–H groups in total. The van der Waals surface area contributed by atoms with Crippen LogP contribution in [-0.2, 0) is 14.3 Å². The second kappa shape index (κ2) is 8.78. The van der Waals surface area contributed by atoms with Gasteiger partial charge in [-0.05, 0) is 12.8 Å². The van der Waals surface area contributed by atoms with E-state index >= 15 is 0 Å². The monoisotopic (exact) mass is 282 g/mol. The maximum absolute atomic E-state index is 10.7. The molecule has 3 nitrogen and oxygen atoms in total. The molecule has 0 spiro atoms. The van der Waals surface area contributed by atoms with Crippen molar-refractivity contribution in [2.24, 2.45) is 5.92 Å². The van der Waals surface area contributed by atoms with E-state index in [9.17, 15) is 4.79 Å². The zero-order chi connectivity index (χ0) is 14.1. The molecule has 0 aromatic rings. The van der Waals surface area contributed by atoms with Crippen LogP contribution in [0.2, 0.25) is 0 Å². The van der Waals surface area contributed by atoms with Gasteiger partial charge in [0.1, 0.15) is 6.29 Å². The minimum Gasteiger partial charge on any atom is -0.347 e. The van der Waals surface area contributed by atoms with E-state index in [0.717, 1.165) is 12.7 Å². The summed E-state index contributed by atoms with van der Waals surface area (Å²) >= 11 is 0. The van der Waals surface area contributed by atoms with Crippen molar-refractivity contribution in [1.29, 1.82) is 0 Å². The van der Waals surface area contributed by atoms with E-state index in [0.29, 0.717) is 25.6 Å². The molecule has 0 unspecified atom stereocenters. The average Bonchev–Trinajstić information content (AvgIpc) is 2.91. The molecule has 1 aliphatic carbocycles. The predicted octanol–water partition coefficient (Wildman–Crippen LogP) is 4.24. The van der Waals surface area contributed by atoms with E-state index in [1.54, 1.807) is 0 Å². The molecule has 116 valence electrons. The molecular weight excluding hydrogens is 252 g/mol. The Balaban J connectivity index is 1.96. The molecule has 1 heterocycles. The molecule has 3 heteroatoms. The van der Waals surface area contributed by atoms with Gasteiger partial charge in [-0.2, -0.15) is 0 Å². The third-order valence-corrected chi connectivity index (χ3v) is 4.86. The van der Waals surface area contributed by atoms with Crippen LogP contribution in [0.4, 0.5) is 0 Å². The number of rotatable bonds is 4. The Morgan fingerprint density at radius 3 is 1.85 bits per heavy atom. The van der Waals surface area contributed by atoms with E-state index in [4.69, 9.17) is 9.47 Å². The molecule has 0 radical (unpaired) electrons. The second-order valence-corrected chi connectivity index (χ2v) is 6.32. The van der Waals surface area contributed by atoms with Gasteiger partial charge in [0.05, 0.1) is 13.2 Å². The normalized spacial score (nSPS) is 26.0. The Morgan fingerprint density at radius 1 is 0.850 bits per heavy atom. The van der Waals surface area contributed by atoms with Crippen molar-refractivity contribution in [3.05, 3.63) is 0 Å². The van der Waals surface area contributed by atoms with E-state index in [1.807, 2.05) is 0 Å². The summed E-state index contributed by atoms with van der Waals surface area (Å²) < 4.78 is 12.0. The summed E-state index contributed by atoms with van der Waals surface area (Å²) in [5.74, 6) is 0.0256. The van der Waals surface area contributed by atoms with Crippen LogP contribution in [-0.4, -0.2) is 25.3 Å². The summed E-state index contributed by atoms with van der Waals surface area (Å²) in [7, 11) is 0. The summed E-state index contributed by atoms with van der Waals surface area (Å²) in [4.78, 5) is 10.7. The van der Waals surface area contributed by atoms with Gasteiger partial charge in [-0.3, -0.25) is 0 Å². The lowest BCUT2D eigenvalue weighted by molar-refractivity contribution is -0.204. The third kappa shape index (κ3) is 4.56. The lowest BCUT2D eigenvalue weighted by atomic mass is 9.85. The Labute approximate surface area is 123 Å². The fraction of sp³-hybridized carbons (Fsp3) is 0.941. The van der Waals surface area contributed by atoms with Crippen LogP contribution in [0.5, 0.6) is 0 Å². The Bertz CT molecular complexity index is 259. The maximum atomic E-state index is 10.7. The fourth-order valence-electron chi connectivity index (χ4n) is 3.74.